The Balaban J connectivity index is 2.32. The molecule has 154 valence electrons. The molecule has 0 radical (unpaired) electrons. The van der Waals surface area contributed by atoms with Gasteiger partial charge in [0.1, 0.15) is 17.5 Å². The molecule has 1 aromatic rings. The van der Waals surface area contributed by atoms with Crippen molar-refractivity contribution in [2.24, 2.45) is 16.8 Å². The number of hydrogen-bond donors (Lipinski definition) is 3. The molecule has 1 aromatic heterocycles. The van der Waals surface area contributed by atoms with Crippen LogP contribution in [0.3, 0.4) is 0 Å². The van der Waals surface area contributed by atoms with Gasteiger partial charge in [0.05, 0.1) is 12.6 Å². The molecule has 1 fully saturated rings. The number of carbonyl (C=O) groups is 1. The summed E-state index contributed by atoms with van der Waals surface area (Å²) in [6, 6.07) is 0.261. The van der Waals surface area contributed by atoms with Gasteiger partial charge >= 0.3 is 5.69 Å². The normalized spacial score (nSPS) is 28.1. The van der Waals surface area contributed by atoms with Gasteiger partial charge in [-0.3, -0.25) is 19.1 Å². The molecule has 2 rings (SSSR count). The van der Waals surface area contributed by atoms with Crippen LogP contribution in [0.4, 0.5) is 4.39 Å². The summed E-state index contributed by atoms with van der Waals surface area (Å²) in [5, 5.41) is 13.8. The van der Waals surface area contributed by atoms with Crippen LogP contribution in [0, 0.1) is 5.92 Å². The molecular weight excluding hydrogens is 375 g/mol. The minimum Gasteiger partial charge on any atom is -0.387 e. The van der Waals surface area contributed by atoms with Gasteiger partial charge in [-0.2, -0.15) is 0 Å². The van der Waals surface area contributed by atoms with Gasteiger partial charge < -0.3 is 15.6 Å². The van der Waals surface area contributed by atoms with Crippen molar-refractivity contribution < 1.29 is 19.0 Å². The first-order valence-corrected chi connectivity index (χ1v) is 8.73. The predicted octanol–water partition coefficient (Wildman–Crippen LogP) is 0.146. The lowest BCUT2D eigenvalue weighted by molar-refractivity contribution is -0.127. The van der Waals surface area contributed by atoms with Gasteiger partial charge in [0.2, 0.25) is 0 Å². The Labute approximate surface area is 158 Å². The number of rotatable bonds is 8. The second-order valence-electron chi connectivity index (χ2n) is 7.10. The first-order chi connectivity index (χ1) is 13.1. The average molecular weight is 398 g/mol. The molecule has 12 heteroatoms. The summed E-state index contributed by atoms with van der Waals surface area (Å²) in [6.07, 6.45) is -4.67. The third-order valence-electron chi connectivity index (χ3n) is 4.88. The summed E-state index contributed by atoms with van der Waals surface area (Å²) < 4.78 is 21.2. The van der Waals surface area contributed by atoms with Crippen molar-refractivity contribution in [2.75, 3.05) is 6.54 Å². The van der Waals surface area contributed by atoms with E-state index in [9.17, 15) is 23.9 Å². The monoisotopic (exact) mass is 398 g/mol. The Bertz CT molecular complexity index is 879. The highest BCUT2D eigenvalue weighted by atomic mass is 19.1. The number of nitrogens with one attached hydrogen (secondary N) is 1. The van der Waals surface area contributed by atoms with E-state index in [2.05, 4.69) is 10.0 Å². The first kappa shape index (κ1) is 21.8. The molecule has 1 unspecified atom stereocenters. The maximum absolute atomic E-state index is 14.8. The van der Waals surface area contributed by atoms with Crippen molar-refractivity contribution in [3.8, 4) is 0 Å². The van der Waals surface area contributed by atoms with E-state index in [-0.39, 0.29) is 24.5 Å². The number of aromatic amines is 1. The molecule has 0 saturated carbocycles. The number of hydrogen-bond acceptors (Lipinski definition) is 7. The zero-order valence-corrected chi connectivity index (χ0v) is 15.5. The van der Waals surface area contributed by atoms with Gasteiger partial charge in [0, 0.05) is 23.6 Å². The summed E-state index contributed by atoms with van der Waals surface area (Å²) in [6.45, 7) is 3.09. The van der Waals surface area contributed by atoms with Crippen molar-refractivity contribution in [3.05, 3.63) is 43.5 Å². The Hall–Kier alpha value is -2.53. The van der Waals surface area contributed by atoms with Crippen LogP contribution >= 0.6 is 0 Å². The molecule has 28 heavy (non-hydrogen) atoms. The zero-order chi connectivity index (χ0) is 21.1. The number of alkyl halides is 1. The minimum atomic E-state index is -2.06. The number of aliphatic hydroxyl groups is 1. The van der Waals surface area contributed by atoms with Gasteiger partial charge in [-0.15, -0.1) is 0 Å². The fourth-order valence-corrected chi connectivity index (χ4v) is 3.10. The van der Waals surface area contributed by atoms with Crippen LogP contribution in [0.2, 0.25) is 0 Å². The van der Waals surface area contributed by atoms with Crippen molar-refractivity contribution in [1.82, 2.24) is 9.55 Å². The molecule has 1 aliphatic rings. The molecule has 2 heterocycles. The van der Waals surface area contributed by atoms with E-state index in [0.717, 1.165) is 16.8 Å². The van der Waals surface area contributed by atoms with Gasteiger partial charge in [-0.1, -0.05) is 19.0 Å². The lowest BCUT2D eigenvalue weighted by Gasteiger charge is -2.30. The van der Waals surface area contributed by atoms with Gasteiger partial charge in [-0.05, 0) is 17.9 Å². The van der Waals surface area contributed by atoms with Crippen LogP contribution in [0.5, 0.6) is 0 Å². The highest BCUT2D eigenvalue weighted by molar-refractivity contribution is 5.84. The Kier molecular flexibility index (Phi) is 6.73. The summed E-state index contributed by atoms with van der Waals surface area (Å²) in [7, 11) is 0. The smallest absolute Gasteiger partial charge is 0.330 e. The van der Waals surface area contributed by atoms with Gasteiger partial charge in [0.15, 0.2) is 12.4 Å². The van der Waals surface area contributed by atoms with E-state index in [1.807, 2.05) is 4.98 Å². The van der Waals surface area contributed by atoms with Crippen LogP contribution in [0.25, 0.3) is 10.4 Å². The molecule has 0 bridgehead atoms. The number of aliphatic hydroxyl groups excluding tert-OH is 1. The lowest BCUT2D eigenvalue weighted by Crippen LogP contribution is -2.46. The van der Waals surface area contributed by atoms with Crippen molar-refractivity contribution in [3.63, 3.8) is 0 Å². The number of H-pyrrole nitrogens is 1. The van der Waals surface area contributed by atoms with E-state index in [1.165, 1.54) is 0 Å². The Morgan fingerprint density at radius 3 is 2.82 bits per heavy atom. The number of nitrogens with zero attached hydrogens (tertiary/aromatic N) is 4. The molecule has 0 amide bonds. The molecular formula is C16H23FN6O5. The van der Waals surface area contributed by atoms with Crippen LogP contribution in [-0.2, 0) is 9.53 Å². The number of Topliss-reactive ketones (excluding diaryl/α,β-unsaturated/α-hetero) is 1. The van der Waals surface area contributed by atoms with Gasteiger partial charge in [-0.25, -0.2) is 9.18 Å². The van der Waals surface area contributed by atoms with E-state index in [0.29, 0.717) is 0 Å². The van der Waals surface area contributed by atoms with E-state index >= 15 is 0 Å². The summed E-state index contributed by atoms with van der Waals surface area (Å²) in [5.41, 5.74) is 11.1. The molecule has 11 nitrogen and oxygen atoms in total. The lowest BCUT2D eigenvalue weighted by atomic mass is 9.87. The Morgan fingerprint density at radius 1 is 1.57 bits per heavy atom. The molecule has 1 aliphatic heterocycles. The molecule has 0 spiro atoms. The third kappa shape index (κ3) is 4.30. The molecule has 4 N–H and O–H groups in total. The van der Waals surface area contributed by atoms with Gasteiger partial charge in [0.25, 0.3) is 5.56 Å². The van der Waals surface area contributed by atoms with E-state index in [1.54, 1.807) is 13.8 Å². The fraction of sp³-hybridized carbons (Fsp3) is 0.688. The minimum absolute atomic E-state index is 0.114. The van der Waals surface area contributed by atoms with Crippen molar-refractivity contribution in [2.45, 2.75) is 56.8 Å². The van der Waals surface area contributed by atoms with Crippen LogP contribution in [-0.4, -0.2) is 50.9 Å². The Morgan fingerprint density at radius 2 is 2.25 bits per heavy atom. The highest BCUT2D eigenvalue weighted by Gasteiger charge is 2.55. The van der Waals surface area contributed by atoms with E-state index < -0.39 is 47.9 Å². The third-order valence-corrected chi connectivity index (χ3v) is 4.88. The molecule has 0 aliphatic carbocycles. The molecule has 0 aromatic carbocycles. The van der Waals surface area contributed by atoms with Crippen molar-refractivity contribution in [1.29, 1.82) is 0 Å². The van der Waals surface area contributed by atoms with E-state index in [4.69, 9.17) is 16.0 Å². The second kappa shape index (κ2) is 8.65. The topological polar surface area (TPSA) is 176 Å². The van der Waals surface area contributed by atoms with Crippen LogP contribution in [0.1, 0.15) is 32.9 Å². The quantitative estimate of drug-likeness (QED) is 0.319. The highest BCUT2D eigenvalue weighted by Crippen LogP contribution is 2.41. The van der Waals surface area contributed by atoms with Crippen LogP contribution in [0.15, 0.2) is 27.0 Å². The summed E-state index contributed by atoms with van der Waals surface area (Å²) in [4.78, 5) is 40.0. The maximum Gasteiger partial charge on any atom is 0.330 e. The van der Waals surface area contributed by atoms with Crippen molar-refractivity contribution >= 4 is 5.78 Å². The summed E-state index contributed by atoms with van der Waals surface area (Å²) >= 11 is 0. The van der Waals surface area contributed by atoms with Crippen LogP contribution < -0.4 is 17.0 Å². The first-order valence-electron chi connectivity index (χ1n) is 8.73. The largest absolute Gasteiger partial charge is 0.387 e. The number of carbonyl (C=O) groups excluding carboxylic acids is 1. The average Bonchev–Trinajstić information content (AvgIpc) is 2.89. The SMILES string of the molecule is CC(C)C(N)C(=O)CC[C@@]1(CN=[N+]=[N-])O[C@@H](n2ccc(=O)[nH]c2=O)[C@H](F)[C@@H]1O. The number of aromatic nitrogens is 2. The fourth-order valence-electron chi connectivity index (χ4n) is 3.10. The number of halogens is 1. The molecule has 1 saturated heterocycles. The predicted molar refractivity (Wildman–Crippen MR) is 96.1 cm³/mol. The number of ketones is 1. The second-order valence-corrected chi connectivity index (χ2v) is 7.10. The molecule has 5 atom stereocenters. The maximum atomic E-state index is 14.8. The number of azide groups is 1. The number of nitrogens with two attached hydrogens (primary N) is 1. The summed E-state index contributed by atoms with van der Waals surface area (Å²) in [5.74, 6) is -0.428. The number of ether oxygens (including phenoxy) is 1. The standard InChI is InChI=1S/C16H23FN6O5/c1-8(2)12(18)9(24)3-5-16(7-20-22-19)13(26)11(17)14(28-16)23-6-4-10(25)21-15(23)27/h4,6,8,11-14,26H,3,5,7,18H2,1-2H3,(H,21,25,27)/t11-,12?,13+,14-,16+/m1/s1. The zero-order valence-electron chi connectivity index (χ0n) is 15.5.